The molecule has 1 N–H and O–H groups in total. The maximum absolute atomic E-state index is 4.88. The fourth-order valence-electron chi connectivity index (χ4n) is 1.51. The fraction of sp³-hybridized carbons (Fsp3) is 0.0909. The number of nitrogens with one attached hydrogen (secondary N) is 1. The molecule has 4 heteroatoms. The van der Waals surface area contributed by atoms with Gasteiger partial charge < -0.3 is 9.88 Å². The Balaban J connectivity index is 2.51. The minimum absolute atomic E-state index is 1.04. The van der Waals surface area contributed by atoms with Crippen molar-refractivity contribution in [3.05, 3.63) is 40.9 Å². The van der Waals surface area contributed by atoms with Crippen LogP contribution in [-0.2, 0) is 4.65 Å². The van der Waals surface area contributed by atoms with E-state index in [9.17, 15) is 0 Å². The van der Waals surface area contributed by atoms with Gasteiger partial charge in [0.1, 0.15) is 0 Å². The summed E-state index contributed by atoms with van der Waals surface area (Å²) in [5, 5.41) is 5.45. The second-order valence-electron chi connectivity index (χ2n) is 3.14. The third-order valence-corrected chi connectivity index (χ3v) is 2.89. The maximum Gasteiger partial charge on any atom is 0.435 e. The van der Waals surface area contributed by atoms with Crippen LogP contribution in [0.2, 0.25) is 0 Å². The Bertz CT molecular complexity index is 475. The topological polar surface area (TPSA) is 21.3 Å². The highest BCUT2D eigenvalue weighted by molar-refractivity contribution is 9.10. The Morgan fingerprint density at radius 2 is 1.87 bits per heavy atom. The highest BCUT2D eigenvalue weighted by atomic mass is 79.9. The van der Waals surface area contributed by atoms with Gasteiger partial charge in [0.05, 0.1) is 0 Å². The maximum atomic E-state index is 4.88. The lowest BCUT2D eigenvalue weighted by Gasteiger charge is -2.08. The van der Waals surface area contributed by atoms with E-state index in [0.29, 0.717) is 0 Å². The molecule has 2 aromatic rings. The van der Waals surface area contributed by atoms with Gasteiger partial charge in [0.2, 0.25) is 0 Å². The monoisotopic (exact) mass is 262 g/mol. The van der Waals surface area contributed by atoms with Crippen molar-refractivity contribution in [2.45, 2.75) is 0 Å². The Morgan fingerprint density at radius 1 is 1.13 bits per heavy atom. The first kappa shape index (κ1) is 10.5. The summed E-state index contributed by atoms with van der Waals surface area (Å²) in [5.41, 5.74) is 1.04. The summed E-state index contributed by atoms with van der Waals surface area (Å²) in [5.74, 6) is 0. The third kappa shape index (κ3) is 2.16. The van der Waals surface area contributed by atoms with Crippen LogP contribution in [0, 0.1) is 0 Å². The Kier molecular flexibility index (Phi) is 3.28. The van der Waals surface area contributed by atoms with Crippen LogP contribution in [0.3, 0.4) is 0 Å². The molecule has 2 nitrogen and oxygen atoms in total. The predicted octanol–water partition coefficient (Wildman–Crippen LogP) is 3.19. The summed E-state index contributed by atoms with van der Waals surface area (Å²) in [6.45, 7) is 0. The molecule has 0 amide bonds. The molecule has 0 spiro atoms. The molecule has 2 aromatic carbocycles. The number of hydrogen-bond acceptors (Lipinski definition) is 2. The molecule has 2 rings (SSSR count). The normalized spacial score (nSPS) is 10.3. The first-order valence-electron chi connectivity index (χ1n) is 4.61. The molecule has 0 fully saturated rings. The van der Waals surface area contributed by atoms with Gasteiger partial charge in [0.25, 0.3) is 0 Å². The van der Waals surface area contributed by atoms with Crippen LogP contribution in [0.5, 0.6) is 0 Å². The summed E-state index contributed by atoms with van der Waals surface area (Å²) >= 11 is 3.53. The largest absolute Gasteiger partial charge is 0.435 e. The molecule has 0 unspecified atom stereocenters. The van der Waals surface area contributed by atoms with Gasteiger partial charge in [0.15, 0.2) is 0 Å². The lowest BCUT2D eigenvalue weighted by molar-refractivity contribution is 0.446. The number of halogens is 1. The summed E-state index contributed by atoms with van der Waals surface area (Å²) < 4.78 is 5.98. The summed E-state index contributed by atoms with van der Waals surface area (Å²) in [4.78, 5) is 0. The van der Waals surface area contributed by atoms with Gasteiger partial charge in [-0.2, -0.15) is 0 Å². The molecular weight excluding hydrogens is 253 g/mol. The molecule has 0 atom stereocenters. The van der Waals surface area contributed by atoms with Crippen LogP contribution in [0.15, 0.2) is 40.9 Å². The molecule has 0 saturated heterocycles. The van der Waals surface area contributed by atoms with Gasteiger partial charge in [-0.05, 0) is 17.5 Å². The highest BCUT2D eigenvalue weighted by Gasteiger charge is 2.03. The van der Waals surface area contributed by atoms with E-state index < -0.39 is 0 Å². The molecule has 0 aliphatic heterocycles. The number of benzene rings is 2. The number of fused-ring (bicyclic) bond motifs is 1. The molecule has 0 aliphatic rings. The standard InChI is InChI=1S/C11H10BBrNO/c1-15-12-14-11-7-6-10(13)8-4-2-3-5-9(8)11/h2-7,14H,1H3. The molecular formula is C11H10BBrNO. The van der Waals surface area contributed by atoms with Gasteiger partial charge in [0, 0.05) is 22.7 Å². The number of hydrogen-bond donors (Lipinski definition) is 1. The van der Waals surface area contributed by atoms with Crippen LogP contribution in [-0.4, -0.2) is 14.7 Å². The number of anilines is 1. The lowest BCUT2D eigenvalue weighted by Crippen LogP contribution is -2.08. The van der Waals surface area contributed by atoms with E-state index in [4.69, 9.17) is 4.65 Å². The van der Waals surface area contributed by atoms with E-state index in [-0.39, 0.29) is 0 Å². The van der Waals surface area contributed by atoms with Crippen molar-refractivity contribution in [3.63, 3.8) is 0 Å². The molecule has 0 aromatic heterocycles. The molecule has 15 heavy (non-hydrogen) atoms. The summed E-state index contributed by atoms with van der Waals surface area (Å²) in [6, 6.07) is 12.2. The van der Waals surface area contributed by atoms with Crippen molar-refractivity contribution in [3.8, 4) is 0 Å². The smallest absolute Gasteiger partial charge is 0.422 e. The van der Waals surface area contributed by atoms with Crippen LogP contribution >= 0.6 is 15.9 Å². The van der Waals surface area contributed by atoms with Gasteiger partial charge >= 0.3 is 7.62 Å². The first-order valence-corrected chi connectivity index (χ1v) is 5.40. The van der Waals surface area contributed by atoms with Gasteiger partial charge in [-0.15, -0.1) is 0 Å². The molecule has 0 heterocycles. The van der Waals surface area contributed by atoms with E-state index in [1.807, 2.05) is 24.3 Å². The zero-order chi connectivity index (χ0) is 10.7. The van der Waals surface area contributed by atoms with Gasteiger partial charge in [-0.25, -0.2) is 0 Å². The van der Waals surface area contributed by atoms with Crippen LogP contribution in [0.1, 0.15) is 0 Å². The Hall–Kier alpha value is -0.995. The zero-order valence-electron chi connectivity index (χ0n) is 8.33. The Morgan fingerprint density at radius 3 is 2.60 bits per heavy atom. The summed E-state index contributed by atoms with van der Waals surface area (Å²) in [6.07, 6.45) is 0. The predicted molar refractivity (Wildman–Crippen MR) is 68.0 cm³/mol. The molecule has 0 aliphatic carbocycles. The lowest BCUT2D eigenvalue weighted by atomic mass is 10.1. The zero-order valence-corrected chi connectivity index (χ0v) is 9.91. The molecule has 75 valence electrons. The summed E-state index contributed by atoms with van der Waals surface area (Å²) in [7, 11) is 3.18. The second kappa shape index (κ2) is 4.68. The van der Waals surface area contributed by atoms with Crippen LogP contribution < -0.4 is 5.23 Å². The van der Waals surface area contributed by atoms with Crippen molar-refractivity contribution in [1.82, 2.24) is 0 Å². The van der Waals surface area contributed by atoms with Gasteiger partial charge in [-0.3, -0.25) is 0 Å². The van der Waals surface area contributed by atoms with Crippen molar-refractivity contribution < 1.29 is 4.65 Å². The van der Waals surface area contributed by atoms with Crippen LogP contribution in [0.4, 0.5) is 5.69 Å². The third-order valence-electron chi connectivity index (χ3n) is 2.20. The quantitative estimate of drug-likeness (QED) is 0.858. The van der Waals surface area contributed by atoms with Crippen molar-refractivity contribution in [2.24, 2.45) is 0 Å². The van der Waals surface area contributed by atoms with Crippen molar-refractivity contribution >= 4 is 40.0 Å². The number of rotatable bonds is 3. The first-order chi connectivity index (χ1) is 7.33. The Labute approximate surface area is 98.1 Å². The molecule has 0 bridgehead atoms. The van der Waals surface area contributed by atoms with Crippen LogP contribution in [0.25, 0.3) is 10.8 Å². The fourth-order valence-corrected chi connectivity index (χ4v) is 1.99. The average molecular weight is 263 g/mol. The van der Waals surface area contributed by atoms with E-state index in [1.165, 1.54) is 10.8 Å². The van der Waals surface area contributed by atoms with E-state index in [1.54, 1.807) is 14.7 Å². The minimum atomic E-state index is 1.04. The van der Waals surface area contributed by atoms with E-state index in [2.05, 4.69) is 33.3 Å². The van der Waals surface area contributed by atoms with Crippen molar-refractivity contribution in [2.75, 3.05) is 12.3 Å². The molecule has 1 radical (unpaired) electrons. The van der Waals surface area contributed by atoms with Gasteiger partial charge in [-0.1, -0.05) is 40.2 Å². The minimum Gasteiger partial charge on any atom is -0.422 e. The second-order valence-corrected chi connectivity index (χ2v) is 3.99. The van der Waals surface area contributed by atoms with Crippen molar-refractivity contribution in [1.29, 1.82) is 0 Å². The SMILES string of the molecule is CO[B]Nc1ccc(Br)c2ccccc12. The highest BCUT2D eigenvalue weighted by Crippen LogP contribution is 2.29. The van der Waals surface area contributed by atoms with E-state index >= 15 is 0 Å². The van der Waals surface area contributed by atoms with E-state index in [0.717, 1.165) is 10.2 Å². The molecule has 0 saturated carbocycles. The average Bonchev–Trinajstić information content (AvgIpc) is 2.29.